The van der Waals surface area contributed by atoms with Crippen molar-refractivity contribution >= 4 is 34.7 Å². The molecule has 1 atom stereocenters. The first kappa shape index (κ1) is 27.6. The Balaban J connectivity index is 1.43. The van der Waals surface area contributed by atoms with Crippen molar-refractivity contribution in [2.75, 3.05) is 26.2 Å². The largest absolute Gasteiger partial charge is 0.456 e. The molecule has 9 nitrogen and oxygen atoms in total. The fourth-order valence-electron chi connectivity index (χ4n) is 4.18. The van der Waals surface area contributed by atoms with Gasteiger partial charge in [-0.15, -0.1) is 0 Å². The zero-order chi connectivity index (χ0) is 28.0. The van der Waals surface area contributed by atoms with Gasteiger partial charge in [0.15, 0.2) is 18.4 Å². The first-order valence-corrected chi connectivity index (χ1v) is 12.7. The van der Waals surface area contributed by atoms with E-state index in [0.717, 1.165) is 16.3 Å². The van der Waals surface area contributed by atoms with Crippen LogP contribution in [0.25, 0.3) is 10.8 Å². The predicted octanol–water partition coefficient (Wildman–Crippen LogP) is 4.82. The highest BCUT2D eigenvalue weighted by Crippen LogP contribution is 2.19. The molecule has 9 heteroatoms. The molecule has 1 aliphatic heterocycles. The van der Waals surface area contributed by atoms with Gasteiger partial charge in [-0.05, 0) is 43.2 Å². The smallest absolute Gasteiger partial charge is 0.411 e. The van der Waals surface area contributed by atoms with Crippen LogP contribution in [-0.4, -0.2) is 71.6 Å². The van der Waals surface area contributed by atoms with Crippen molar-refractivity contribution in [1.82, 2.24) is 9.80 Å². The monoisotopic (exact) mass is 532 g/mol. The normalized spacial score (nSPS) is 15.5. The number of carbonyl (C=O) groups excluding carboxylic acids is 4. The SMILES string of the molecule is CC(C)(C)OC(=O)N1CCN(C(=O)OCc2ccccc2)CC1C(=O)OCC(=O)c1ccc2ccccc2c1. The molecular formula is C30H32N2O7. The van der Waals surface area contributed by atoms with Gasteiger partial charge in [-0.25, -0.2) is 14.4 Å². The van der Waals surface area contributed by atoms with Crippen LogP contribution in [0.1, 0.15) is 36.7 Å². The summed E-state index contributed by atoms with van der Waals surface area (Å²) in [6.07, 6.45) is -1.32. The minimum Gasteiger partial charge on any atom is -0.456 e. The minimum absolute atomic E-state index is 0.0355. The Morgan fingerprint density at radius 3 is 2.23 bits per heavy atom. The average Bonchev–Trinajstić information content (AvgIpc) is 2.93. The van der Waals surface area contributed by atoms with Gasteiger partial charge in [0.05, 0.1) is 6.54 Å². The van der Waals surface area contributed by atoms with Gasteiger partial charge in [0.1, 0.15) is 12.2 Å². The topological polar surface area (TPSA) is 102 Å². The van der Waals surface area contributed by atoms with Crippen LogP contribution >= 0.6 is 0 Å². The van der Waals surface area contributed by atoms with E-state index in [2.05, 4.69) is 0 Å². The third-order valence-corrected chi connectivity index (χ3v) is 6.16. The summed E-state index contributed by atoms with van der Waals surface area (Å²) in [5, 5.41) is 1.88. The van der Waals surface area contributed by atoms with Gasteiger partial charge in [0.2, 0.25) is 0 Å². The summed E-state index contributed by atoms with van der Waals surface area (Å²) < 4.78 is 16.2. The lowest BCUT2D eigenvalue weighted by Gasteiger charge is -2.39. The van der Waals surface area contributed by atoms with Crippen LogP contribution in [0.2, 0.25) is 0 Å². The van der Waals surface area contributed by atoms with Crippen molar-refractivity contribution in [1.29, 1.82) is 0 Å². The zero-order valence-corrected chi connectivity index (χ0v) is 22.3. The number of nitrogens with zero attached hydrogens (tertiary/aromatic N) is 2. The number of benzene rings is 3. The van der Waals surface area contributed by atoms with E-state index >= 15 is 0 Å². The number of ketones is 1. The van der Waals surface area contributed by atoms with Crippen LogP contribution in [0.3, 0.4) is 0 Å². The quantitative estimate of drug-likeness (QED) is 0.255. The molecule has 0 bridgehead atoms. The molecule has 204 valence electrons. The highest BCUT2D eigenvalue weighted by atomic mass is 16.6. The number of amides is 2. The number of hydrogen-bond donors (Lipinski definition) is 0. The van der Waals surface area contributed by atoms with Crippen LogP contribution in [0.5, 0.6) is 0 Å². The molecule has 3 aromatic carbocycles. The van der Waals surface area contributed by atoms with Gasteiger partial charge in [-0.1, -0.05) is 66.7 Å². The van der Waals surface area contributed by atoms with Crippen molar-refractivity contribution in [3.63, 3.8) is 0 Å². The number of ether oxygens (including phenoxy) is 3. The number of rotatable bonds is 6. The molecule has 3 aromatic rings. The van der Waals surface area contributed by atoms with E-state index in [-0.39, 0.29) is 32.0 Å². The van der Waals surface area contributed by atoms with Crippen molar-refractivity contribution in [2.45, 2.75) is 39.0 Å². The Labute approximate surface area is 227 Å². The molecule has 1 aliphatic rings. The lowest BCUT2D eigenvalue weighted by atomic mass is 10.0. The molecule has 0 N–H and O–H groups in total. The molecule has 39 heavy (non-hydrogen) atoms. The number of esters is 1. The first-order chi connectivity index (χ1) is 18.6. The fraction of sp³-hybridized carbons (Fsp3) is 0.333. The maximum atomic E-state index is 13.2. The van der Waals surface area contributed by atoms with E-state index in [1.807, 2.05) is 60.7 Å². The van der Waals surface area contributed by atoms with Crippen LogP contribution in [0.4, 0.5) is 9.59 Å². The maximum absolute atomic E-state index is 13.2. The van der Waals surface area contributed by atoms with E-state index in [0.29, 0.717) is 5.56 Å². The third-order valence-electron chi connectivity index (χ3n) is 6.16. The summed E-state index contributed by atoms with van der Waals surface area (Å²) in [5.74, 6) is -1.19. The minimum atomic E-state index is -1.16. The summed E-state index contributed by atoms with van der Waals surface area (Å²) in [5.41, 5.74) is 0.435. The Morgan fingerprint density at radius 2 is 1.51 bits per heavy atom. The highest BCUT2D eigenvalue weighted by molar-refractivity contribution is 6.01. The number of fused-ring (bicyclic) bond motifs is 1. The van der Waals surface area contributed by atoms with Crippen molar-refractivity contribution < 1.29 is 33.4 Å². The standard InChI is InChI=1S/C30H32N2O7/c1-30(2,3)39-29(36)32-16-15-31(28(35)38-19-21-9-5-4-6-10-21)18-25(32)27(34)37-20-26(33)24-14-13-22-11-7-8-12-23(22)17-24/h4-14,17,25H,15-16,18-20H2,1-3H3. The zero-order valence-electron chi connectivity index (χ0n) is 22.3. The molecule has 0 aliphatic carbocycles. The van der Waals surface area contributed by atoms with E-state index in [9.17, 15) is 19.2 Å². The second kappa shape index (κ2) is 12.0. The van der Waals surface area contributed by atoms with Crippen LogP contribution in [-0.2, 0) is 25.6 Å². The molecular weight excluding hydrogens is 500 g/mol. The molecule has 1 unspecified atom stereocenters. The number of hydrogen-bond acceptors (Lipinski definition) is 7. The summed E-state index contributed by atoms with van der Waals surface area (Å²) >= 11 is 0. The van der Waals surface area contributed by atoms with E-state index in [1.54, 1.807) is 32.9 Å². The molecule has 0 aromatic heterocycles. The molecule has 0 radical (unpaired) electrons. The number of piperazine rings is 1. The first-order valence-electron chi connectivity index (χ1n) is 12.7. The van der Waals surface area contributed by atoms with E-state index in [4.69, 9.17) is 14.2 Å². The third kappa shape index (κ3) is 7.34. The van der Waals surface area contributed by atoms with Gasteiger partial charge in [-0.3, -0.25) is 9.69 Å². The van der Waals surface area contributed by atoms with Crippen LogP contribution < -0.4 is 0 Å². The van der Waals surface area contributed by atoms with E-state index < -0.39 is 36.4 Å². The number of Topliss-reactive ketones (excluding diaryl/α,β-unsaturated/α-hetero) is 1. The molecule has 2 amide bonds. The number of carbonyl (C=O) groups is 4. The molecule has 4 rings (SSSR count). The Bertz CT molecular complexity index is 1350. The molecule has 1 fully saturated rings. The Morgan fingerprint density at radius 1 is 0.821 bits per heavy atom. The maximum Gasteiger partial charge on any atom is 0.411 e. The lowest BCUT2D eigenvalue weighted by Crippen LogP contribution is -2.60. The van der Waals surface area contributed by atoms with Gasteiger partial charge in [0, 0.05) is 18.7 Å². The summed E-state index contributed by atoms with van der Waals surface area (Å²) in [4.78, 5) is 54.2. The average molecular weight is 533 g/mol. The molecule has 1 saturated heterocycles. The molecule has 0 saturated carbocycles. The van der Waals surface area contributed by atoms with Crippen LogP contribution in [0.15, 0.2) is 72.8 Å². The van der Waals surface area contributed by atoms with Crippen molar-refractivity contribution in [2.24, 2.45) is 0 Å². The highest BCUT2D eigenvalue weighted by Gasteiger charge is 2.40. The molecule has 1 heterocycles. The summed E-state index contributed by atoms with van der Waals surface area (Å²) in [7, 11) is 0. The van der Waals surface area contributed by atoms with Crippen LogP contribution in [0, 0.1) is 0 Å². The summed E-state index contributed by atoms with van der Waals surface area (Å²) in [6.45, 7) is 4.75. The Kier molecular flexibility index (Phi) is 8.49. The molecule has 0 spiro atoms. The summed E-state index contributed by atoms with van der Waals surface area (Å²) in [6, 6.07) is 20.9. The predicted molar refractivity (Wildman–Crippen MR) is 144 cm³/mol. The van der Waals surface area contributed by atoms with Gasteiger partial charge >= 0.3 is 18.2 Å². The van der Waals surface area contributed by atoms with E-state index in [1.165, 1.54) is 9.80 Å². The second-order valence-corrected chi connectivity index (χ2v) is 10.3. The van der Waals surface area contributed by atoms with Gasteiger partial charge < -0.3 is 19.1 Å². The van der Waals surface area contributed by atoms with Gasteiger partial charge in [-0.2, -0.15) is 0 Å². The van der Waals surface area contributed by atoms with Crippen molar-refractivity contribution in [3.8, 4) is 0 Å². The van der Waals surface area contributed by atoms with Crippen molar-refractivity contribution in [3.05, 3.63) is 83.9 Å². The Hall–Kier alpha value is -4.40. The van der Waals surface area contributed by atoms with Gasteiger partial charge in [0.25, 0.3) is 0 Å². The second-order valence-electron chi connectivity index (χ2n) is 10.3. The lowest BCUT2D eigenvalue weighted by molar-refractivity contribution is -0.150. The fourth-order valence-corrected chi connectivity index (χ4v) is 4.18.